The van der Waals surface area contributed by atoms with Crippen LogP contribution in [0.5, 0.6) is 0 Å². The van der Waals surface area contributed by atoms with Crippen LogP contribution in [0.1, 0.15) is 0 Å². The van der Waals surface area contributed by atoms with E-state index >= 15 is 0 Å². The minimum atomic E-state index is 0.707. The van der Waals surface area contributed by atoms with Gasteiger partial charge in [0.15, 0.2) is 5.82 Å². The summed E-state index contributed by atoms with van der Waals surface area (Å²) in [5, 5.41) is 8.28. The Labute approximate surface area is 299 Å². The molecule has 8 aromatic carbocycles. The minimum absolute atomic E-state index is 0.707. The van der Waals surface area contributed by atoms with E-state index in [0.29, 0.717) is 5.82 Å². The van der Waals surface area contributed by atoms with E-state index in [2.05, 4.69) is 185 Å². The zero-order valence-corrected chi connectivity index (χ0v) is 28.1. The van der Waals surface area contributed by atoms with E-state index in [-0.39, 0.29) is 0 Å². The first-order chi connectivity index (χ1) is 25.8. The maximum Gasteiger partial charge on any atom is 0.160 e. The van der Waals surface area contributed by atoms with Crippen molar-refractivity contribution in [2.45, 2.75) is 0 Å². The van der Waals surface area contributed by atoms with Crippen molar-refractivity contribution in [2.75, 3.05) is 0 Å². The van der Waals surface area contributed by atoms with Crippen molar-refractivity contribution in [3.63, 3.8) is 0 Å². The Kier molecular flexibility index (Phi) is 6.22. The molecule has 0 fully saturated rings. The molecule has 11 rings (SSSR count). The number of hydrogen-bond acceptors (Lipinski definition) is 2. The summed E-state index contributed by atoms with van der Waals surface area (Å²) < 4.78 is 4.76. The highest BCUT2D eigenvalue weighted by molar-refractivity contribution is 6.13. The molecule has 0 aliphatic rings. The fourth-order valence-electron chi connectivity index (χ4n) is 8.17. The summed E-state index contributed by atoms with van der Waals surface area (Å²) in [5.74, 6) is 0.707. The first-order valence-electron chi connectivity index (χ1n) is 17.7. The molecule has 4 nitrogen and oxygen atoms in total. The number of aromatic nitrogens is 4. The standard InChI is InChI=1S/C48H30N4/c1-2-14-32(15-3-1)46-40-27-25-31-13-4-5-18-36(31)47(40)50-48(49-46)33-16-12-17-34(29-33)51-44-24-11-8-21-39(44)41-30-35(26-28-45(41)51)52-42-22-9-6-19-37(42)38-20-7-10-23-43(38)52/h1-30H. The fraction of sp³-hybridized carbons (Fsp3) is 0. The summed E-state index contributed by atoms with van der Waals surface area (Å²) in [5.41, 5.74) is 10.9. The van der Waals surface area contributed by atoms with Crippen LogP contribution in [-0.4, -0.2) is 19.1 Å². The van der Waals surface area contributed by atoms with Crippen molar-refractivity contribution in [1.82, 2.24) is 19.1 Å². The third-order valence-electron chi connectivity index (χ3n) is 10.5. The largest absolute Gasteiger partial charge is 0.309 e. The Morgan fingerprint density at radius 2 is 0.885 bits per heavy atom. The summed E-state index contributed by atoms with van der Waals surface area (Å²) >= 11 is 0. The second kappa shape index (κ2) is 11.2. The van der Waals surface area contributed by atoms with Crippen LogP contribution >= 0.6 is 0 Å². The normalized spacial score (nSPS) is 11.8. The molecule has 0 amide bonds. The Bertz CT molecular complexity index is 3130. The molecule has 242 valence electrons. The van der Waals surface area contributed by atoms with Gasteiger partial charge in [-0.25, -0.2) is 9.97 Å². The number of fused-ring (bicyclic) bond motifs is 9. The summed E-state index contributed by atoms with van der Waals surface area (Å²) in [7, 11) is 0. The third kappa shape index (κ3) is 4.28. The van der Waals surface area contributed by atoms with Gasteiger partial charge in [0.2, 0.25) is 0 Å². The van der Waals surface area contributed by atoms with Crippen LogP contribution in [0.4, 0.5) is 0 Å². The molecule has 0 saturated heterocycles. The monoisotopic (exact) mass is 662 g/mol. The second-order valence-electron chi connectivity index (χ2n) is 13.4. The third-order valence-corrected chi connectivity index (χ3v) is 10.5. The van der Waals surface area contributed by atoms with Crippen molar-refractivity contribution in [3.05, 3.63) is 182 Å². The van der Waals surface area contributed by atoms with E-state index < -0.39 is 0 Å². The lowest BCUT2D eigenvalue weighted by molar-refractivity contribution is 1.16. The van der Waals surface area contributed by atoms with Crippen LogP contribution in [0, 0.1) is 0 Å². The lowest BCUT2D eigenvalue weighted by Crippen LogP contribution is -1.98. The maximum atomic E-state index is 5.27. The highest BCUT2D eigenvalue weighted by atomic mass is 15.0. The van der Waals surface area contributed by atoms with Crippen LogP contribution in [-0.2, 0) is 0 Å². The molecule has 52 heavy (non-hydrogen) atoms. The summed E-state index contributed by atoms with van der Waals surface area (Å²) in [6, 6.07) is 64.8. The number of para-hydroxylation sites is 3. The van der Waals surface area contributed by atoms with Gasteiger partial charge in [0, 0.05) is 54.8 Å². The number of hydrogen-bond donors (Lipinski definition) is 0. The Balaban J connectivity index is 1.12. The maximum absolute atomic E-state index is 5.27. The quantitative estimate of drug-likeness (QED) is 0.176. The van der Waals surface area contributed by atoms with Gasteiger partial charge in [-0.1, -0.05) is 127 Å². The molecule has 0 unspecified atom stereocenters. The number of nitrogens with zero attached hydrogens (tertiary/aromatic N) is 4. The van der Waals surface area contributed by atoms with Crippen molar-refractivity contribution in [3.8, 4) is 34.0 Å². The molecule has 3 heterocycles. The molecule has 0 saturated carbocycles. The highest BCUT2D eigenvalue weighted by Gasteiger charge is 2.18. The zero-order valence-electron chi connectivity index (χ0n) is 28.1. The first-order valence-corrected chi connectivity index (χ1v) is 17.7. The van der Waals surface area contributed by atoms with Gasteiger partial charge in [0.25, 0.3) is 0 Å². The predicted molar refractivity (Wildman–Crippen MR) is 217 cm³/mol. The molecule has 0 radical (unpaired) electrons. The molecule has 0 bridgehead atoms. The molecule has 0 aliphatic carbocycles. The van der Waals surface area contributed by atoms with Crippen molar-refractivity contribution in [1.29, 1.82) is 0 Å². The lowest BCUT2D eigenvalue weighted by atomic mass is 10.0. The summed E-state index contributed by atoms with van der Waals surface area (Å²) in [6.45, 7) is 0. The van der Waals surface area contributed by atoms with Crippen molar-refractivity contribution >= 4 is 65.3 Å². The molecular formula is C48H30N4. The Morgan fingerprint density at radius 1 is 0.327 bits per heavy atom. The molecule has 0 aliphatic heterocycles. The van der Waals surface area contributed by atoms with Crippen LogP contribution in [0.25, 0.3) is 99.3 Å². The molecule has 4 heteroatoms. The van der Waals surface area contributed by atoms with Crippen LogP contribution in [0.3, 0.4) is 0 Å². The second-order valence-corrected chi connectivity index (χ2v) is 13.4. The van der Waals surface area contributed by atoms with Gasteiger partial charge < -0.3 is 9.13 Å². The Hall–Kier alpha value is -7.04. The van der Waals surface area contributed by atoms with E-state index in [4.69, 9.17) is 9.97 Å². The predicted octanol–water partition coefficient (Wildman–Crippen LogP) is 12.3. The molecule has 0 N–H and O–H groups in total. The van der Waals surface area contributed by atoms with Crippen LogP contribution < -0.4 is 0 Å². The van der Waals surface area contributed by atoms with E-state index in [9.17, 15) is 0 Å². The lowest BCUT2D eigenvalue weighted by Gasteiger charge is -2.13. The van der Waals surface area contributed by atoms with Gasteiger partial charge in [0.1, 0.15) is 0 Å². The van der Waals surface area contributed by atoms with E-state index in [1.165, 1.54) is 32.6 Å². The minimum Gasteiger partial charge on any atom is -0.309 e. The van der Waals surface area contributed by atoms with E-state index in [1.54, 1.807) is 0 Å². The van der Waals surface area contributed by atoms with Crippen LogP contribution in [0.2, 0.25) is 0 Å². The highest BCUT2D eigenvalue weighted by Crippen LogP contribution is 2.38. The van der Waals surface area contributed by atoms with Gasteiger partial charge >= 0.3 is 0 Å². The zero-order chi connectivity index (χ0) is 34.2. The van der Waals surface area contributed by atoms with E-state index in [1.807, 2.05) is 6.07 Å². The van der Waals surface area contributed by atoms with Crippen LogP contribution in [0.15, 0.2) is 182 Å². The van der Waals surface area contributed by atoms with Crippen molar-refractivity contribution < 1.29 is 0 Å². The van der Waals surface area contributed by atoms with Crippen molar-refractivity contribution in [2.24, 2.45) is 0 Å². The Morgan fingerprint density at radius 3 is 1.60 bits per heavy atom. The number of rotatable bonds is 4. The smallest absolute Gasteiger partial charge is 0.160 e. The molecule has 3 aromatic heterocycles. The summed E-state index contributed by atoms with van der Waals surface area (Å²) in [4.78, 5) is 10.5. The first kappa shape index (κ1) is 28.8. The molecule has 0 spiro atoms. The molecule has 11 aromatic rings. The van der Waals surface area contributed by atoms with E-state index in [0.717, 1.165) is 60.9 Å². The van der Waals surface area contributed by atoms with Gasteiger partial charge in [0.05, 0.1) is 33.3 Å². The average molecular weight is 663 g/mol. The number of benzene rings is 8. The fourth-order valence-corrected chi connectivity index (χ4v) is 8.17. The average Bonchev–Trinajstić information content (AvgIpc) is 3.73. The SMILES string of the molecule is c1ccc(-c2nc(-c3cccc(-n4c5ccccc5c5cc(-n6c7ccccc7c7ccccc76)ccc54)c3)nc3c2ccc2ccccc23)cc1. The molecular weight excluding hydrogens is 633 g/mol. The van der Waals surface area contributed by atoms with Gasteiger partial charge in [-0.15, -0.1) is 0 Å². The summed E-state index contributed by atoms with van der Waals surface area (Å²) in [6.07, 6.45) is 0. The van der Waals surface area contributed by atoms with Gasteiger partial charge in [-0.05, 0) is 60.0 Å². The topological polar surface area (TPSA) is 35.6 Å². The van der Waals surface area contributed by atoms with Gasteiger partial charge in [-0.3, -0.25) is 0 Å². The van der Waals surface area contributed by atoms with Gasteiger partial charge in [-0.2, -0.15) is 0 Å². The molecule has 0 atom stereocenters.